The monoisotopic (exact) mass is 425 g/mol. The number of carbonyl (C=O) groups is 3. The smallest absolute Gasteiger partial charge is 0.335 e. The van der Waals surface area contributed by atoms with E-state index in [0.29, 0.717) is 18.0 Å². The van der Waals surface area contributed by atoms with Crippen LogP contribution in [0.1, 0.15) is 18.1 Å². The fourth-order valence-corrected chi connectivity index (χ4v) is 2.85. The zero-order valence-electron chi connectivity index (χ0n) is 17.0. The van der Waals surface area contributed by atoms with Crippen LogP contribution in [0.4, 0.5) is 4.79 Å². The SMILES string of the molecule is CCOC(=O)[C@H](Cc1cccnc1)NC(=O)COc1ccc(C2=NNC(=O)NC2)cc1. The molecular weight excluding hydrogens is 402 g/mol. The van der Waals surface area contributed by atoms with Gasteiger partial charge in [0.05, 0.1) is 18.9 Å². The van der Waals surface area contributed by atoms with Gasteiger partial charge in [-0.15, -0.1) is 0 Å². The number of esters is 1. The zero-order valence-corrected chi connectivity index (χ0v) is 17.0. The number of carbonyl (C=O) groups excluding carboxylic acids is 3. The van der Waals surface area contributed by atoms with E-state index in [4.69, 9.17) is 9.47 Å². The van der Waals surface area contributed by atoms with E-state index < -0.39 is 17.9 Å². The third kappa shape index (κ3) is 6.53. The molecule has 0 bridgehead atoms. The highest BCUT2D eigenvalue weighted by Gasteiger charge is 2.23. The van der Waals surface area contributed by atoms with Crippen LogP contribution in [0.2, 0.25) is 0 Å². The van der Waals surface area contributed by atoms with Crippen LogP contribution in [0, 0.1) is 0 Å². The van der Waals surface area contributed by atoms with Gasteiger partial charge in [-0.2, -0.15) is 5.10 Å². The minimum Gasteiger partial charge on any atom is -0.484 e. The third-order valence-corrected chi connectivity index (χ3v) is 4.34. The van der Waals surface area contributed by atoms with Crippen LogP contribution in [0.3, 0.4) is 0 Å². The first-order valence-electron chi connectivity index (χ1n) is 9.73. The van der Waals surface area contributed by atoms with Crippen LogP contribution >= 0.6 is 0 Å². The normalized spacial score (nSPS) is 13.8. The standard InChI is InChI=1S/C21H23N5O5/c1-2-30-20(28)17(10-14-4-3-9-22-11-14)24-19(27)13-31-16-7-5-15(6-8-16)18-12-23-21(29)26-25-18/h3-9,11,17H,2,10,12-13H2,1H3,(H,24,27)(H2,23,26,29)/t17-/m0/s1. The Morgan fingerprint density at radius 2 is 2.03 bits per heavy atom. The number of nitrogens with one attached hydrogen (secondary N) is 3. The third-order valence-electron chi connectivity index (χ3n) is 4.34. The van der Waals surface area contributed by atoms with Gasteiger partial charge in [0.2, 0.25) is 0 Å². The number of ether oxygens (including phenoxy) is 2. The summed E-state index contributed by atoms with van der Waals surface area (Å²) in [5.74, 6) is -0.486. The summed E-state index contributed by atoms with van der Waals surface area (Å²) in [6.45, 7) is 1.98. The Bertz CT molecular complexity index is 946. The molecule has 0 unspecified atom stereocenters. The largest absolute Gasteiger partial charge is 0.484 e. The number of nitrogens with zero attached hydrogens (tertiary/aromatic N) is 2. The topological polar surface area (TPSA) is 131 Å². The summed E-state index contributed by atoms with van der Waals surface area (Å²) in [5, 5.41) is 9.27. The van der Waals surface area contributed by atoms with Crippen LogP contribution in [-0.4, -0.2) is 54.4 Å². The molecule has 0 spiro atoms. The molecule has 1 atom stereocenters. The van der Waals surface area contributed by atoms with Crippen molar-refractivity contribution in [3.8, 4) is 5.75 Å². The molecule has 1 aliphatic rings. The van der Waals surface area contributed by atoms with Gasteiger partial charge >= 0.3 is 12.0 Å². The van der Waals surface area contributed by atoms with Gasteiger partial charge in [-0.3, -0.25) is 9.78 Å². The van der Waals surface area contributed by atoms with Crippen molar-refractivity contribution in [1.82, 2.24) is 21.0 Å². The maximum absolute atomic E-state index is 12.3. The van der Waals surface area contributed by atoms with Crippen LogP contribution < -0.4 is 20.8 Å². The summed E-state index contributed by atoms with van der Waals surface area (Å²) in [4.78, 5) is 39.7. The quantitative estimate of drug-likeness (QED) is 0.509. The Morgan fingerprint density at radius 3 is 2.68 bits per heavy atom. The Morgan fingerprint density at radius 1 is 1.23 bits per heavy atom. The molecule has 1 aliphatic heterocycles. The van der Waals surface area contributed by atoms with Gasteiger partial charge in [-0.05, 0) is 48.4 Å². The van der Waals surface area contributed by atoms with E-state index in [0.717, 1.165) is 11.1 Å². The molecule has 2 aromatic rings. The summed E-state index contributed by atoms with van der Waals surface area (Å²) in [5.41, 5.74) is 4.64. The molecular formula is C21H23N5O5. The minimum atomic E-state index is -0.838. The van der Waals surface area contributed by atoms with Crippen LogP contribution in [0.5, 0.6) is 5.75 Å². The number of benzene rings is 1. The first kappa shape index (κ1) is 21.8. The number of amides is 3. The molecule has 10 heteroatoms. The van der Waals surface area contributed by atoms with Crippen molar-refractivity contribution < 1.29 is 23.9 Å². The zero-order chi connectivity index (χ0) is 22.1. The molecule has 0 fully saturated rings. The number of hydrazone groups is 1. The molecule has 3 rings (SSSR count). The highest BCUT2D eigenvalue weighted by atomic mass is 16.5. The van der Waals surface area contributed by atoms with Crippen molar-refractivity contribution in [3.05, 3.63) is 59.9 Å². The second-order valence-electron chi connectivity index (χ2n) is 6.60. The predicted molar refractivity (Wildman–Crippen MR) is 112 cm³/mol. The molecule has 162 valence electrons. The highest BCUT2D eigenvalue weighted by Crippen LogP contribution is 2.13. The Hall–Kier alpha value is -3.95. The van der Waals surface area contributed by atoms with Crippen LogP contribution in [-0.2, 0) is 20.7 Å². The van der Waals surface area contributed by atoms with Gasteiger partial charge in [0.15, 0.2) is 6.61 Å². The average Bonchev–Trinajstić information content (AvgIpc) is 2.79. The molecule has 0 saturated carbocycles. The Balaban J connectivity index is 1.54. The summed E-state index contributed by atoms with van der Waals surface area (Å²) in [6.07, 6.45) is 3.53. The van der Waals surface area contributed by atoms with E-state index in [1.807, 2.05) is 6.07 Å². The number of rotatable bonds is 9. The van der Waals surface area contributed by atoms with Crippen molar-refractivity contribution in [1.29, 1.82) is 0 Å². The first-order valence-corrected chi connectivity index (χ1v) is 9.73. The lowest BCUT2D eigenvalue weighted by atomic mass is 10.1. The second-order valence-corrected chi connectivity index (χ2v) is 6.60. The van der Waals surface area contributed by atoms with E-state index in [2.05, 4.69) is 26.1 Å². The highest BCUT2D eigenvalue weighted by molar-refractivity contribution is 6.05. The van der Waals surface area contributed by atoms with E-state index >= 15 is 0 Å². The van der Waals surface area contributed by atoms with E-state index in [1.54, 1.807) is 49.6 Å². The number of hydrogen-bond donors (Lipinski definition) is 3. The number of pyridine rings is 1. The van der Waals surface area contributed by atoms with E-state index in [-0.39, 0.29) is 25.7 Å². The fourth-order valence-electron chi connectivity index (χ4n) is 2.85. The van der Waals surface area contributed by atoms with Gasteiger partial charge in [0.25, 0.3) is 5.91 Å². The fraction of sp³-hybridized carbons (Fsp3) is 0.286. The molecule has 0 saturated heterocycles. The van der Waals surface area contributed by atoms with Crippen molar-refractivity contribution in [2.45, 2.75) is 19.4 Å². The van der Waals surface area contributed by atoms with Crippen LogP contribution in [0.15, 0.2) is 53.9 Å². The number of aromatic nitrogens is 1. The molecule has 1 aromatic carbocycles. The van der Waals surface area contributed by atoms with Gasteiger partial charge < -0.3 is 20.1 Å². The summed E-state index contributed by atoms with van der Waals surface area (Å²) in [7, 11) is 0. The Labute approximate surface area is 179 Å². The van der Waals surface area contributed by atoms with E-state index in [9.17, 15) is 14.4 Å². The molecule has 0 radical (unpaired) electrons. The summed E-state index contributed by atoms with van der Waals surface area (Å²) in [6, 6.07) is 9.33. The summed E-state index contributed by atoms with van der Waals surface area (Å²) >= 11 is 0. The Kier molecular flexibility index (Phi) is 7.52. The molecule has 3 N–H and O–H groups in total. The lowest BCUT2D eigenvalue weighted by Gasteiger charge is -2.17. The lowest BCUT2D eigenvalue weighted by Crippen LogP contribution is -2.45. The van der Waals surface area contributed by atoms with Crippen molar-refractivity contribution >= 4 is 23.6 Å². The average molecular weight is 425 g/mol. The molecule has 3 amide bonds. The van der Waals surface area contributed by atoms with Crippen molar-refractivity contribution in [2.24, 2.45) is 5.10 Å². The molecule has 10 nitrogen and oxygen atoms in total. The van der Waals surface area contributed by atoms with Crippen molar-refractivity contribution in [3.63, 3.8) is 0 Å². The lowest BCUT2D eigenvalue weighted by molar-refractivity contribution is -0.147. The molecule has 0 aliphatic carbocycles. The summed E-state index contributed by atoms with van der Waals surface area (Å²) < 4.78 is 10.6. The number of hydrogen-bond acceptors (Lipinski definition) is 7. The van der Waals surface area contributed by atoms with Gasteiger partial charge in [-0.1, -0.05) is 6.07 Å². The van der Waals surface area contributed by atoms with Gasteiger partial charge in [-0.25, -0.2) is 15.0 Å². The van der Waals surface area contributed by atoms with Gasteiger partial charge in [0, 0.05) is 18.8 Å². The molecule has 31 heavy (non-hydrogen) atoms. The van der Waals surface area contributed by atoms with Crippen LogP contribution in [0.25, 0.3) is 0 Å². The maximum Gasteiger partial charge on any atom is 0.335 e. The minimum absolute atomic E-state index is 0.214. The maximum atomic E-state index is 12.3. The van der Waals surface area contributed by atoms with Gasteiger partial charge in [0.1, 0.15) is 11.8 Å². The first-order chi connectivity index (χ1) is 15.0. The van der Waals surface area contributed by atoms with E-state index in [1.165, 1.54) is 0 Å². The number of urea groups is 1. The van der Waals surface area contributed by atoms with Crippen molar-refractivity contribution in [2.75, 3.05) is 19.8 Å². The second kappa shape index (κ2) is 10.7. The predicted octanol–water partition coefficient (Wildman–Crippen LogP) is 0.768. The molecule has 1 aromatic heterocycles. The molecule has 2 heterocycles.